The lowest BCUT2D eigenvalue weighted by molar-refractivity contribution is -0.151. The van der Waals surface area contributed by atoms with Gasteiger partial charge in [-0.25, -0.2) is 0 Å². The molecule has 0 atom stereocenters. The van der Waals surface area contributed by atoms with Crippen molar-refractivity contribution in [2.45, 2.75) is 26.6 Å². The number of methoxy groups -OCH3 is 2. The average Bonchev–Trinajstić information content (AvgIpc) is 2.41. The molecule has 19 heavy (non-hydrogen) atoms. The first-order valence-electron chi connectivity index (χ1n) is 6.69. The minimum atomic E-state index is -0.274. The van der Waals surface area contributed by atoms with Gasteiger partial charge in [-0.2, -0.15) is 0 Å². The largest absolute Gasteiger partial charge is 0.469 e. The molecule has 0 saturated heterocycles. The fraction of sp³-hybridized carbons (Fsp3) is 0.923. The molecule has 0 heterocycles. The second-order valence-electron chi connectivity index (χ2n) is 3.96. The van der Waals surface area contributed by atoms with E-state index < -0.39 is 0 Å². The lowest BCUT2D eigenvalue weighted by atomic mass is 10.3. The van der Waals surface area contributed by atoms with Crippen molar-refractivity contribution in [1.29, 1.82) is 0 Å². The van der Waals surface area contributed by atoms with E-state index in [1.807, 2.05) is 13.8 Å². The Morgan fingerprint density at radius 2 is 1.74 bits per heavy atom. The van der Waals surface area contributed by atoms with E-state index in [9.17, 15) is 4.79 Å². The molecule has 0 N–H and O–H groups in total. The summed E-state index contributed by atoms with van der Waals surface area (Å²) in [5, 5.41) is 0. The van der Waals surface area contributed by atoms with Gasteiger partial charge in [0.25, 0.3) is 0 Å². The monoisotopic (exact) mass is 277 g/mol. The van der Waals surface area contributed by atoms with Crippen LogP contribution in [0.15, 0.2) is 0 Å². The van der Waals surface area contributed by atoms with Gasteiger partial charge in [0, 0.05) is 40.0 Å². The second-order valence-corrected chi connectivity index (χ2v) is 3.96. The van der Waals surface area contributed by atoms with Crippen LogP contribution in [0.1, 0.15) is 20.3 Å². The van der Waals surface area contributed by atoms with Gasteiger partial charge in [-0.05, 0) is 13.8 Å². The molecule has 6 nitrogen and oxygen atoms in total. The summed E-state index contributed by atoms with van der Waals surface area (Å²) in [7, 11) is 3.05. The number of carbonyl (C=O) groups excluding carboxylic acids is 1. The molecule has 0 aromatic carbocycles. The van der Waals surface area contributed by atoms with E-state index in [-0.39, 0.29) is 12.3 Å². The Morgan fingerprint density at radius 3 is 2.21 bits per heavy atom. The van der Waals surface area contributed by atoms with Crippen molar-refractivity contribution in [2.24, 2.45) is 0 Å². The molecule has 0 aliphatic heterocycles. The molecule has 0 aliphatic rings. The number of ether oxygens (including phenoxy) is 4. The van der Waals surface area contributed by atoms with Crippen LogP contribution in [0.3, 0.4) is 0 Å². The summed E-state index contributed by atoms with van der Waals surface area (Å²) in [6, 6.07) is 0. The van der Waals surface area contributed by atoms with Crippen molar-refractivity contribution in [3.63, 3.8) is 0 Å². The van der Waals surface area contributed by atoms with Gasteiger partial charge in [-0.3, -0.25) is 9.69 Å². The van der Waals surface area contributed by atoms with Crippen LogP contribution >= 0.6 is 0 Å². The Bertz CT molecular complexity index is 219. The smallest absolute Gasteiger partial charge is 0.306 e. The van der Waals surface area contributed by atoms with E-state index in [1.54, 1.807) is 7.11 Å². The van der Waals surface area contributed by atoms with Crippen LogP contribution in [0.5, 0.6) is 0 Å². The van der Waals surface area contributed by atoms with Crippen LogP contribution in [0.4, 0.5) is 0 Å². The fourth-order valence-corrected chi connectivity index (χ4v) is 1.60. The van der Waals surface area contributed by atoms with Gasteiger partial charge in [0.2, 0.25) is 0 Å². The first-order chi connectivity index (χ1) is 9.17. The van der Waals surface area contributed by atoms with Crippen molar-refractivity contribution in [3.05, 3.63) is 0 Å². The summed E-state index contributed by atoms with van der Waals surface area (Å²) in [5.74, 6) is -0.216. The minimum Gasteiger partial charge on any atom is -0.469 e. The lowest BCUT2D eigenvalue weighted by Gasteiger charge is -2.26. The first-order valence-corrected chi connectivity index (χ1v) is 6.69. The average molecular weight is 277 g/mol. The number of carbonyl (C=O) groups is 1. The van der Waals surface area contributed by atoms with Gasteiger partial charge in [-0.15, -0.1) is 0 Å². The van der Waals surface area contributed by atoms with Crippen molar-refractivity contribution >= 4 is 5.97 Å². The summed E-state index contributed by atoms with van der Waals surface area (Å²) in [4.78, 5) is 13.3. The molecule has 0 spiro atoms. The van der Waals surface area contributed by atoms with E-state index in [0.29, 0.717) is 39.3 Å². The Balaban J connectivity index is 4.23. The quantitative estimate of drug-likeness (QED) is 0.390. The Morgan fingerprint density at radius 1 is 1.11 bits per heavy atom. The molecular weight excluding hydrogens is 250 g/mol. The molecule has 0 fully saturated rings. The van der Waals surface area contributed by atoms with Crippen LogP contribution in [0.2, 0.25) is 0 Å². The molecule has 0 amide bonds. The molecule has 0 bridgehead atoms. The highest BCUT2D eigenvalue weighted by Crippen LogP contribution is 2.02. The summed E-state index contributed by atoms with van der Waals surface area (Å²) < 4.78 is 20.7. The molecule has 114 valence electrons. The maximum atomic E-state index is 11.2. The Kier molecular flexibility index (Phi) is 11.9. The summed E-state index contributed by atoms with van der Waals surface area (Å²) >= 11 is 0. The number of rotatable bonds is 12. The van der Waals surface area contributed by atoms with E-state index in [2.05, 4.69) is 9.64 Å². The third kappa shape index (κ3) is 9.84. The lowest BCUT2D eigenvalue weighted by Crippen LogP contribution is -2.39. The van der Waals surface area contributed by atoms with E-state index in [0.717, 1.165) is 6.54 Å². The predicted molar refractivity (Wildman–Crippen MR) is 72.0 cm³/mol. The number of hydrogen-bond acceptors (Lipinski definition) is 6. The molecule has 0 aromatic rings. The summed E-state index contributed by atoms with van der Waals surface area (Å²) in [6.45, 7) is 7.60. The maximum absolute atomic E-state index is 11.2. The van der Waals surface area contributed by atoms with Crippen molar-refractivity contribution < 1.29 is 23.7 Å². The zero-order valence-electron chi connectivity index (χ0n) is 12.5. The van der Waals surface area contributed by atoms with E-state index in [4.69, 9.17) is 14.2 Å². The van der Waals surface area contributed by atoms with E-state index >= 15 is 0 Å². The van der Waals surface area contributed by atoms with Crippen LogP contribution in [-0.4, -0.2) is 70.8 Å². The molecule has 0 radical (unpaired) electrons. The van der Waals surface area contributed by atoms with Crippen LogP contribution in [0.25, 0.3) is 0 Å². The molecule has 0 aromatic heterocycles. The summed E-state index contributed by atoms with van der Waals surface area (Å²) in [6.07, 6.45) is 0.0788. The Labute approximate surface area is 115 Å². The highest BCUT2D eigenvalue weighted by atomic mass is 16.7. The third-order valence-electron chi connectivity index (χ3n) is 2.58. The molecule has 0 aliphatic carbocycles. The van der Waals surface area contributed by atoms with Gasteiger partial charge < -0.3 is 18.9 Å². The highest BCUT2D eigenvalue weighted by Gasteiger charge is 2.15. The zero-order chi connectivity index (χ0) is 14.5. The highest BCUT2D eigenvalue weighted by molar-refractivity contribution is 5.69. The summed E-state index contributed by atoms with van der Waals surface area (Å²) in [5.41, 5.74) is 0. The maximum Gasteiger partial charge on any atom is 0.306 e. The molecule has 0 rings (SSSR count). The van der Waals surface area contributed by atoms with Crippen LogP contribution in [0, 0.1) is 0 Å². The van der Waals surface area contributed by atoms with Gasteiger partial charge in [0.15, 0.2) is 6.29 Å². The van der Waals surface area contributed by atoms with Crippen LogP contribution in [-0.2, 0) is 23.7 Å². The minimum absolute atomic E-state index is 0.216. The van der Waals surface area contributed by atoms with Crippen molar-refractivity contribution in [1.82, 2.24) is 4.90 Å². The predicted octanol–water partition coefficient (Wildman–Crippen LogP) is 0.897. The van der Waals surface area contributed by atoms with Crippen LogP contribution < -0.4 is 0 Å². The topological polar surface area (TPSA) is 57.2 Å². The molecule has 0 saturated carbocycles. The van der Waals surface area contributed by atoms with Crippen molar-refractivity contribution in [3.8, 4) is 0 Å². The van der Waals surface area contributed by atoms with Gasteiger partial charge in [-0.1, -0.05) is 0 Å². The number of nitrogens with zero attached hydrogens (tertiary/aromatic N) is 1. The normalized spacial score (nSPS) is 11.3. The number of esters is 1. The zero-order valence-corrected chi connectivity index (χ0v) is 12.5. The molecule has 0 unspecified atom stereocenters. The van der Waals surface area contributed by atoms with Gasteiger partial charge >= 0.3 is 5.97 Å². The molecular formula is C13H27NO5. The number of hydrogen-bond donors (Lipinski definition) is 0. The standard InChI is InChI=1S/C13H27NO5/c1-5-18-13(19-6-2)11-14(9-10-16-3)8-7-12(15)17-4/h13H,5-11H2,1-4H3. The van der Waals surface area contributed by atoms with Gasteiger partial charge in [0.1, 0.15) is 0 Å². The van der Waals surface area contributed by atoms with Gasteiger partial charge in [0.05, 0.1) is 20.1 Å². The SMILES string of the molecule is CCOC(CN(CCOC)CCC(=O)OC)OCC. The Hall–Kier alpha value is -0.690. The van der Waals surface area contributed by atoms with Crippen molar-refractivity contribution in [2.75, 3.05) is 53.7 Å². The third-order valence-corrected chi connectivity index (χ3v) is 2.58. The van der Waals surface area contributed by atoms with E-state index in [1.165, 1.54) is 7.11 Å². The second kappa shape index (κ2) is 12.3. The fourth-order valence-electron chi connectivity index (χ4n) is 1.60. The molecule has 6 heteroatoms. The first kappa shape index (κ1) is 18.3.